The lowest BCUT2D eigenvalue weighted by Crippen LogP contribution is -2.50. The number of nitrogens with two attached hydrogens (primary N) is 1. The average molecular weight is 233 g/mol. The molecule has 1 saturated carbocycles. The van der Waals surface area contributed by atoms with Crippen LogP contribution in [0.15, 0.2) is 18.5 Å². The second-order valence-electron chi connectivity index (χ2n) is 5.42. The molecule has 17 heavy (non-hydrogen) atoms. The van der Waals surface area contributed by atoms with Crippen LogP contribution in [-0.4, -0.2) is 29.5 Å². The van der Waals surface area contributed by atoms with E-state index >= 15 is 0 Å². The maximum atomic E-state index is 6.56. The second-order valence-corrected chi connectivity index (χ2v) is 5.42. The molecule has 0 aromatic carbocycles. The third-order valence-electron chi connectivity index (χ3n) is 4.35. The van der Waals surface area contributed by atoms with Crippen LogP contribution in [0.5, 0.6) is 0 Å². The summed E-state index contributed by atoms with van der Waals surface area (Å²) in [5.74, 6) is 0. The maximum absolute atomic E-state index is 6.56. The van der Waals surface area contributed by atoms with Gasteiger partial charge in [0.15, 0.2) is 0 Å². The fourth-order valence-electron chi connectivity index (χ4n) is 3.11. The Morgan fingerprint density at radius 1 is 1.35 bits per heavy atom. The minimum atomic E-state index is 0.0636. The predicted molar refractivity (Wildman–Crippen MR) is 70.8 cm³/mol. The molecule has 0 spiro atoms. The van der Waals surface area contributed by atoms with E-state index in [1.54, 1.807) is 0 Å². The number of aryl methyl sites for hydroxylation is 1. The van der Waals surface area contributed by atoms with Gasteiger partial charge in [-0.2, -0.15) is 0 Å². The SMILES string of the molecule is Cc1ccncc1C(N)C1(N(C)C)CCCC1. The molecule has 2 rings (SSSR count). The minimum absolute atomic E-state index is 0.0636. The van der Waals surface area contributed by atoms with Crippen LogP contribution in [0, 0.1) is 6.92 Å². The summed E-state index contributed by atoms with van der Waals surface area (Å²) in [5.41, 5.74) is 9.12. The third kappa shape index (κ3) is 2.09. The second kappa shape index (κ2) is 4.75. The highest BCUT2D eigenvalue weighted by atomic mass is 15.2. The standard InChI is InChI=1S/C14H23N3/c1-11-6-9-16-10-12(11)13(15)14(17(2)3)7-4-5-8-14/h6,9-10,13H,4-5,7-8,15H2,1-3H3. The molecule has 1 fully saturated rings. The van der Waals surface area contributed by atoms with Crippen molar-refractivity contribution in [1.29, 1.82) is 0 Å². The summed E-state index contributed by atoms with van der Waals surface area (Å²) in [6.45, 7) is 2.12. The number of nitrogens with zero attached hydrogens (tertiary/aromatic N) is 2. The number of hydrogen-bond acceptors (Lipinski definition) is 3. The molecule has 1 aliphatic rings. The molecule has 1 aromatic heterocycles. The summed E-state index contributed by atoms with van der Waals surface area (Å²) < 4.78 is 0. The monoisotopic (exact) mass is 233 g/mol. The Bertz CT molecular complexity index is 381. The van der Waals surface area contributed by atoms with Crippen LogP contribution in [0.25, 0.3) is 0 Å². The number of pyridine rings is 1. The highest BCUT2D eigenvalue weighted by Gasteiger charge is 2.42. The van der Waals surface area contributed by atoms with E-state index in [0.29, 0.717) is 0 Å². The van der Waals surface area contributed by atoms with Crippen LogP contribution in [0.1, 0.15) is 42.9 Å². The summed E-state index contributed by atoms with van der Waals surface area (Å²) in [7, 11) is 4.30. The first-order chi connectivity index (χ1) is 8.08. The number of aromatic nitrogens is 1. The Hall–Kier alpha value is -0.930. The zero-order valence-electron chi connectivity index (χ0n) is 11.1. The van der Waals surface area contributed by atoms with Gasteiger partial charge in [-0.15, -0.1) is 0 Å². The number of hydrogen-bond donors (Lipinski definition) is 1. The van der Waals surface area contributed by atoms with Gasteiger partial charge in [-0.05, 0) is 51.1 Å². The first-order valence-corrected chi connectivity index (χ1v) is 6.41. The smallest absolute Gasteiger partial charge is 0.0499 e. The van der Waals surface area contributed by atoms with E-state index in [0.717, 1.165) is 0 Å². The molecule has 1 aromatic rings. The normalized spacial score (nSPS) is 20.8. The molecule has 0 saturated heterocycles. The van der Waals surface area contributed by atoms with Gasteiger partial charge in [0.2, 0.25) is 0 Å². The van der Waals surface area contributed by atoms with Gasteiger partial charge >= 0.3 is 0 Å². The van der Waals surface area contributed by atoms with Gasteiger partial charge in [-0.25, -0.2) is 0 Å². The number of rotatable bonds is 3. The molecule has 3 heteroatoms. The van der Waals surface area contributed by atoms with Crippen LogP contribution >= 0.6 is 0 Å². The molecule has 1 atom stereocenters. The maximum Gasteiger partial charge on any atom is 0.0499 e. The van der Waals surface area contributed by atoms with Gasteiger partial charge in [-0.1, -0.05) is 12.8 Å². The molecule has 1 aliphatic carbocycles. The van der Waals surface area contributed by atoms with Crippen LogP contribution in [0.4, 0.5) is 0 Å². The minimum Gasteiger partial charge on any atom is -0.322 e. The van der Waals surface area contributed by atoms with E-state index in [1.165, 1.54) is 36.8 Å². The number of likely N-dealkylation sites (N-methyl/N-ethyl adjacent to an activating group) is 1. The Morgan fingerprint density at radius 2 is 2.00 bits per heavy atom. The van der Waals surface area contributed by atoms with Crippen molar-refractivity contribution in [3.05, 3.63) is 29.6 Å². The Kier molecular flexibility index (Phi) is 3.50. The Morgan fingerprint density at radius 3 is 2.53 bits per heavy atom. The molecule has 0 amide bonds. The van der Waals surface area contributed by atoms with E-state index in [2.05, 4.69) is 30.9 Å². The van der Waals surface area contributed by atoms with E-state index < -0.39 is 0 Å². The van der Waals surface area contributed by atoms with Crippen molar-refractivity contribution in [1.82, 2.24) is 9.88 Å². The van der Waals surface area contributed by atoms with Crippen LogP contribution in [-0.2, 0) is 0 Å². The lowest BCUT2D eigenvalue weighted by molar-refractivity contribution is 0.123. The van der Waals surface area contributed by atoms with Crippen molar-refractivity contribution >= 4 is 0 Å². The zero-order chi connectivity index (χ0) is 12.5. The van der Waals surface area contributed by atoms with E-state index in [-0.39, 0.29) is 11.6 Å². The predicted octanol–water partition coefficient (Wildman–Crippen LogP) is 2.26. The van der Waals surface area contributed by atoms with Crippen molar-refractivity contribution in [2.75, 3.05) is 14.1 Å². The molecule has 0 bridgehead atoms. The van der Waals surface area contributed by atoms with Crippen LogP contribution in [0.2, 0.25) is 0 Å². The Labute approximate surface area is 104 Å². The van der Waals surface area contributed by atoms with Gasteiger partial charge < -0.3 is 10.6 Å². The van der Waals surface area contributed by atoms with Gasteiger partial charge in [0, 0.05) is 24.0 Å². The molecule has 1 unspecified atom stereocenters. The quantitative estimate of drug-likeness (QED) is 0.870. The van der Waals surface area contributed by atoms with Crippen molar-refractivity contribution < 1.29 is 0 Å². The molecule has 0 aliphatic heterocycles. The van der Waals surface area contributed by atoms with E-state index in [9.17, 15) is 0 Å². The Balaban J connectivity index is 2.35. The molecule has 2 N–H and O–H groups in total. The van der Waals surface area contributed by atoms with Gasteiger partial charge in [0.25, 0.3) is 0 Å². The average Bonchev–Trinajstić information content (AvgIpc) is 2.79. The molecule has 1 heterocycles. The summed E-state index contributed by atoms with van der Waals surface area (Å²) in [6, 6.07) is 2.11. The third-order valence-corrected chi connectivity index (χ3v) is 4.35. The van der Waals surface area contributed by atoms with Crippen LogP contribution < -0.4 is 5.73 Å². The lowest BCUT2D eigenvalue weighted by Gasteiger charge is -2.42. The van der Waals surface area contributed by atoms with E-state index in [1.807, 2.05) is 18.5 Å². The summed E-state index contributed by atoms with van der Waals surface area (Å²) in [5, 5.41) is 0. The summed E-state index contributed by atoms with van der Waals surface area (Å²) in [4.78, 5) is 6.55. The van der Waals surface area contributed by atoms with Gasteiger partial charge in [0.05, 0.1) is 0 Å². The largest absolute Gasteiger partial charge is 0.322 e. The van der Waals surface area contributed by atoms with Crippen molar-refractivity contribution in [3.63, 3.8) is 0 Å². The summed E-state index contributed by atoms with van der Waals surface area (Å²) >= 11 is 0. The van der Waals surface area contributed by atoms with Crippen molar-refractivity contribution in [3.8, 4) is 0 Å². The summed E-state index contributed by atoms with van der Waals surface area (Å²) in [6.07, 6.45) is 8.72. The van der Waals surface area contributed by atoms with Crippen molar-refractivity contribution in [2.24, 2.45) is 5.73 Å². The molecular weight excluding hydrogens is 210 g/mol. The molecule has 94 valence electrons. The molecular formula is C14H23N3. The molecule has 0 radical (unpaired) electrons. The highest BCUT2D eigenvalue weighted by Crippen LogP contribution is 2.42. The zero-order valence-corrected chi connectivity index (χ0v) is 11.1. The first kappa shape index (κ1) is 12.5. The van der Waals surface area contributed by atoms with Crippen LogP contribution in [0.3, 0.4) is 0 Å². The van der Waals surface area contributed by atoms with Gasteiger partial charge in [-0.3, -0.25) is 4.98 Å². The first-order valence-electron chi connectivity index (χ1n) is 6.41. The fourth-order valence-corrected chi connectivity index (χ4v) is 3.11. The lowest BCUT2D eigenvalue weighted by atomic mass is 9.82. The van der Waals surface area contributed by atoms with Crippen molar-refractivity contribution in [2.45, 2.75) is 44.2 Å². The van der Waals surface area contributed by atoms with E-state index in [4.69, 9.17) is 5.73 Å². The molecule has 3 nitrogen and oxygen atoms in total. The topological polar surface area (TPSA) is 42.1 Å². The van der Waals surface area contributed by atoms with Gasteiger partial charge in [0.1, 0.15) is 0 Å². The fraction of sp³-hybridized carbons (Fsp3) is 0.643. The highest BCUT2D eigenvalue weighted by molar-refractivity contribution is 5.28.